The van der Waals surface area contributed by atoms with Crippen LogP contribution in [0.2, 0.25) is 0 Å². The molecule has 2 heteroatoms. The van der Waals surface area contributed by atoms with Crippen LogP contribution in [-0.2, 0) is 4.79 Å². The number of hydrogen-bond donors (Lipinski definition) is 0. The van der Waals surface area contributed by atoms with Gasteiger partial charge in [-0.3, -0.25) is 0 Å². The Balaban J connectivity index is 4.16. The maximum atomic E-state index is 10.8. The molecule has 0 aromatic carbocycles. The standard InChI is InChI=1S/C10H21NO/c1-4-7-11(10-12,8-5-2)9-6-3/h4-9H2,1-3H3/q+1. The minimum atomic E-state index is 0.545. The molecular weight excluding hydrogens is 150 g/mol. The number of amides is 1. The van der Waals surface area contributed by atoms with Gasteiger partial charge in [0.1, 0.15) is 0 Å². The summed E-state index contributed by atoms with van der Waals surface area (Å²) in [6.07, 6.45) is 5.40. The van der Waals surface area contributed by atoms with E-state index in [9.17, 15) is 4.79 Å². The molecule has 12 heavy (non-hydrogen) atoms. The summed E-state index contributed by atoms with van der Waals surface area (Å²) in [7, 11) is 0. The van der Waals surface area contributed by atoms with Crippen LogP contribution in [0.5, 0.6) is 0 Å². The van der Waals surface area contributed by atoms with Crippen molar-refractivity contribution < 1.29 is 9.28 Å². The Labute approximate surface area is 76.2 Å². The van der Waals surface area contributed by atoms with Crippen LogP contribution in [0.25, 0.3) is 0 Å². The van der Waals surface area contributed by atoms with Crippen molar-refractivity contribution in [1.82, 2.24) is 0 Å². The molecule has 0 rings (SSSR count). The van der Waals surface area contributed by atoms with E-state index >= 15 is 0 Å². The molecule has 0 spiro atoms. The molecule has 0 saturated carbocycles. The van der Waals surface area contributed by atoms with Gasteiger partial charge in [0.05, 0.1) is 19.6 Å². The van der Waals surface area contributed by atoms with Gasteiger partial charge in [0.15, 0.2) is 0 Å². The Bertz CT molecular complexity index is 106. The molecule has 0 unspecified atom stereocenters. The Morgan fingerprint density at radius 1 is 0.917 bits per heavy atom. The second kappa shape index (κ2) is 6.18. The fourth-order valence-electron chi connectivity index (χ4n) is 1.76. The van der Waals surface area contributed by atoms with Crippen LogP contribution >= 0.6 is 0 Å². The molecule has 0 atom stereocenters. The van der Waals surface area contributed by atoms with E-state index in [1.54, 1.807) is 0 Å². The number of rotatable bonds is 7. The first-order valence-corrected chi connectivity index (χ1v) is 5.00. The average molecular weight is 171 g/mol. The predicted molar refractivity (Wildman–Crippen MR) is 51.4 cm³/mol. The van der Waals surface area contributed by atoms with E-state index in [1.165, 1.54) is 0 Å². The molecule has 0 fully saturated rings. The highest BCUT2D eigenvalue weighted by Gasteiger charge is 2.25. The smallest absolute Gasteiger partial charge is 0.248 e. The van der Waals surface area contributed by atoms with Crippen molar-refractivity contribution in [3.8, 4) is 0 Å². The van der Waals surface area contributed by atoms with Gasteiger partial charge >= 0.3 is 6.41 Å². The molecule has 0 aliphatic heterocycles. The maximum absolute atomic E-state index is 10.8. The third-order valence-electron chi connectivity index (χ3n) is 2.15. The Kier molecular flexibility index (Phi) is 5.99. The number of carbonyl (C=O) groups excluding carboxylic acids is 1. The van der Waals surface area contributed by atoms with Gasteiger partial charge in [0.25, 0.3) is 0 Å². The van der Waals surface area contributed by atoms with Crippen LogP contribution in [0.1, 0.15) is 40.0 Å². The van der Waals surface area contributed by atoms with E-state index in [4.69, 9.17) is 0 Å². The topological polar surface area (TPSA) is 17.1 Å². The van der Waals surface area contributed by atoms with Gasteiger partial charge in [0.2, 0.25) is 0 Å². The lowest BCUT2D eigenvalue weighted by Gasteiger charge is -2.29. The second-order valence-electron chi connectivity index (χ2n) is 3.41. The van der Waals surface area contributed by atoms with Gasteiger partial charge in [-0.25, -0.2) is 9.28 Å². The van der Waals surface area contributed by atoms with E-state index in [0.717, 1.165) is 38.9 Å². The first-order valence-electron chi connectivity index (χ1n) is 5.00. The van der Waals surface area contributed by atoms with Crippen LogP contribution in [0.15, 0.2) is 0 Å². The summed E-state index contributed by atoms with van der Waals surface area (Å²) in [4.78, 5) is 10.8. The van der Waals surface area contributed by atoms with Crippen LogP contribution in [0.4, 0.5) is 0 Å². The van der Waals surface area contributed by atoms with E-state index in [2.05, 4.69) is 27.2 Å². The van der Waals surface area contributed by atoms with Crippen molar-refractivity contribution >= 4 is 6.41 Å². The van der Waals surface area contributed by atoms with E-state index in [0.29, 0.717) is 4.48 Å². The molecule has 0 heterocycles. The van der Waals surface area contributed by atoms with Gasteiger partial charge < -0.3 is 0 Å². The molecule has 0 aliphatic carbocycles. The van der Waals surface area contributed by atoms with Crippen LogP contribution < -0.4 is 0 Å². The fraction of sp³-hybridized carbons (Fsp3) is 0.900. The molecule has 0 saturated heterocycles. The molecule has 71 valence electrons. The third kappa shape index (κ3) is 3.35. The lowest BCUT2D eigenvalue weighted by Crippen LogP contribution is -2.48. The largest absolute Gasteiger partial charge is 0.442 e. The van der Waals surface area contributed by atoms with Crippen molar-refractivity contribution in [3.05, 3.63) is 0 Å². The van der Waals surface area contributed by atoms with Gasteiger partial charge in [-0.2, -0.15) is 0 Å². The van der Waals surface area contributed by atoms with Crippen LogP contribution in [-0.4, -0.2) is 30.5 Å². The normalized spacial score (nSPS) is 11.6. The first kappa shape index (κ1) is 11.6. The van der Waals surface area contributed by atoms with Crippen molar-refractivity contribution in [3.63, 3.8) is 0 Å². The molecule has 2 nitrogen and oxygen atoms in total. The molecule has 0 aliphatic rings. The Morgan fingerprint density at radius 2 is 1.25 bits per heavy atom. The van der Waals surface area contributed by atoms with Crippen molar-refractivity contribution in [2.75, 3.05) is 19.6 Å². The second-order valence-corrected chi connectivity index (χ2v) is 3.41. The first-order chi connectivity index (χ1) is 5.74. The van der Waals surface area contributed by atoms with E-state index in [1.807, 2.05) is 0 Å². The van der Waals surface area contributed by atoms with Gasteiger partial charge in [-0.15, -0.1) is 0 Å². The summed E-state index contributed by atoms with van der Waals surface area (Å²) in [5, 5.41) is 0. The SMILES string of the molecule is CCC[N+]([C]=O)(CCC)CCC. The number of nitrogens with zero attached hydrogens (tertiary/aromatic N) is 1. The summed E-state index contributed by atoms with van der Waals surface area (Å²) in [6, 6.07) is 0. The fourth-order valence-corrected chi connectivity index (χ4v) is 1.76. The minimum absolute atomic E-state index is 0.545. The summed E-state index contributed by atoms with van der Waals surface area (Å²) in [5.41, 5.74) is 0. The lowest BCUT2D eigenvalue weighted by molar-refractivity contribution is -0.839. The average Bonchev–Trinajstić information content (AvgIpc) is 2.06. The van der Waals surface area contributed by atoms with Crippen molar-refractivity contribution in [1.29, 1.82) is 0 Å². The van der Waals surface area contributed by atoms with Gasteiger partial charge in [-0.1, -0.05) is 20.8 Å². The Morgan fingerprint density at radius 3 is 1.42 bits per heavy atom. The lowest BCUT2D eigenvalue weighted by atomic mass is 10.2. The molecule has 0 aromatic heterocycles. The highest BCUT2D eigenvalue weighted by molar-refractivity contribution is 5.38. The molecule has 0 bridgehead atoms. The zero-order chi connectivity index (χ0) is 9.45. The number of hydrogen-bond acceptors (Lipinski definition) is 1. The van der Waals surface area contributed by atoms with Gasteiger partial charge in [0, 0.05) is 0 Å². The van der Waals surface area contributed by atoms with E-state index in [-0.39, 0.29) is 0 Å². The quantitative estimate of drug-likeness (QED) is 0.536. The third-order valence-corrected chi connectivity index (χ3v) is 2.15. The molecule has 1 radical (unpaired) electrons. The van der Waals surface area contributed by atoms with Crippen molar-refractivity contribution in [2.24, 2.45) is 0 Å². The minimum Gasteiger partial charge on any atom is -0.248 e. The Hall–Kier alpha value is -0.370. The summed E-state index contributed by atoms with van der Waals surface area (Å²) < 4.78 is 0.545. The summed E-state index contributed by atoms with van der Waals surface area (Å²) >= 11 is 0. The van der Waals surface area contributed by atoms with Gasteiger partial charge in [-0.05, 0) is 19.3 Å². The molecule has 0 N–H and O–H groups in total. The van der Waals surface area contributed by atoms with Crippen molar-refractivity contribution in [2.45, 2.75) is 40.0 Å². The van der Waals surface area contributed by atoms with Crippen LogP contribution in [0, 0.1) is 0 Å². The zero-order valence-electron chi connectivity index (χ0n) is 8.60. The molecular formula is C10H21NO+. The monoisotopic (exact) mass is 171 g/mol. The molecule has 1 amide bonds. The zero-order valence-corrected chi connectivity index (χ0v) is 8.60. The molecule has 0 aromatic rings. The maximum Gasteiger partial charge on any atom is 0.442 e. The predicted octanol–water partition coefficient (Wildman–Crippen LogP) is 2.10. The summed E-state index contributed by atoms with van der Waals surface area (Å²) in [6.45, 7) is 9.21. The van der Waals surface area contributed by atoms with E-state index < -0.39 is 0 Å². The highest BCUT2D eigenvalue weighted by Crippen LogP contribution is 2.07. The summed E-state index contributed by atoms with van der Waals surface area (Å²) in [5.74, 6) is 0. The highest BCUT2D eigenvalue weighted by atomic mass is 16.1. The number of quaternary nitrogens is 1. The van der Waals surface area contributed by atoms with Crippen LogP contribution in [0.3, 0.4) is 0 Å².